The van der Waals surface area contributed by atoms with Crippen molar-refractivity contribution >= 4 is 5.97 Å². The Balaban J connectivity index is 1.46. The molecule has 2 fully saturated rings. The van der Waals surface area contributed by atoms with Crippen LogP contribution in [-0.4, -0.2) is 103 Å². The zero-order valence-corrected chi connectivity index (χ0v) is 23.6. The Hall–Kier alpha value is -3.37. The Labute approximate surface area is 246 Å². The number of methoxy groups -OCH3 is 2. The number of fused-ring (bicyclic) bond motifs is 3. The maximum atomic E-state index is 13.0. The summed E-state index contributed by atoms with van der Waals surface area (Å²) in [5, 5.41) is 53.7. The van der Waals surface area contributed by atoms with E-state index in [-0.39, 0.29) is 30.6 Å². The van der Waals surface area contributed by atoms with E-state index >= 15 is 0 Å². The second kappa shape index (κ2) is 11.6. The van der Waals surface area contributed by atoms with Gasteiger partial charge in [-0.25, -0.2) is 0 Å². The van der Waals surface area contributed by atoms with Gasteiger partial charge in [-0.2, -0.15) is 0 Å². The number of aliphatic carboxylic acids is 1. The van der Waals surface area contributed by atoms with E-state index in [1.54, 1.807) is 19.1 Å². The van der Waals surface area contributed by atoms with E-state index in [4.69, 9.17) is 37.9 Å². The molecule has 0 amide bonds. The molecule has 2 aromatic rings. The summed E-state index contributed by atoms with van der Waals surface area (Å²) in [5.41, 5.74) is 1.35. The highest BCUT2D eigenvalue weighted by molar-refractivity contribution is 5.75. The standard InChI is InChI=1S/C29H34O14/c1-11-38-9-20-27(41-11)24(32)25(33)29(42-20)43-26-14-7-17-16(39-10-40-17)6-13(14)21(22(28(34)35)15(26)8-30)12-4-18(36-2)23(31)19(5-12)37-3/h4-7,11,15,20-22,24-27,29-33H,8-10H2,1-3H3,(H,34,35)/t11?,15?,20?,21-,22?,24?,25?,26-,27?,29?/m1/s1. The maximum absolute atomic E-state index is 13.0. The summed E-state index contributed by atoms with van der Waals surface area (Å²) in [4.78, 5) is 13.0. The summed E-state index contributed by atoms with van der Waals surface area (Å²) in [7, 11) is 2.72. The minimum atomic E-state index is -1.56. The van der Waals surface area contributed by atoms with E-state index in [0.717, 1.165) is 0 Å². The molecule has 14 heteroatoms. The van der Waals surface area contributed by atoms with Gasteiger partial charge >= 0.3 is 5.97 Å². The van der Waals surface area contributed by atoms with Crippen molar-refractivity contribution < 1.29 is 68.2 Å². The molecule has 0 spiro atoms. The van der Waals surface area contributed by atoms with Crippen molar-refractivity contribution in [3.05, 3.63) is 41.0 Å². The minimum Gasteiger partial charge on any atom is -0.502 e. The van der Waals surface area contributed by atoms with Gasteiger partial charge in [0.2, 0.25) is 12.5 Å². The highest BCUT2D eigenvalue weighted by Crippen LogP contribution is 2.55. The van der Waals surface area contributed by atoms with Gasteiger partial charge in [0.15, 0.2) is 35.6 Å². The molecule has 0 bridgehead atoms. The van der Waals surface area contributed by atoms with Gasteiger partial charge in [-0.05, 0) is 47.9 Å². The fourth-order valence-corrected chi connectivity index (χ4v) is 6.49. The molecular formula is C29H34O14. The summed E-state index contributed by atoms with van der Waals surface area (Å²) < 4.78 is 45.3. The Morgan fingerprint density at radius 2 is 1.63 bits per heavy atom. The van der Waals surface area contributed by atoms with Crippen LogP contribution >= 0.6 is 0 Å². The number of phenols is 1. The predicted molar refractivity (Wildman–Crippen MR) is 142 cm³/mol. The van der Waals surface area contributed by atoms with Gasteiger partial charge in [0.1, 0.15) is 24.4 Å². The largest absolute Gasteiger partial charge is 0.502 e. The molecule has 3 heterocycles. The van der Waals surface area contributed by atoms with E-state index in [0.29, 0.717) is 28.2 Å². The number of carbonyl (C=O) groups is 1. The van der Waals surface area contributed by atoms with Gasteiger partial charge in [0, 0.05) is 18.4 Å². The zero-order chi connectivity index (χ0) is 30.6. The number of benzene rings is 2. The van der Waals surface area contributed by atoms with E-state index < -0.39 is 73.4 Å². The molecule has 234 valence electrons. The molecule has 10 atom stereocenters. The first kappa shape index (κ1) is 29.7. The molecule has 2 aromatic carbocycles. The lowest BCUT2D eigenvalue weighted by Gasteiger charge is -2.48. The number of carboxylic acids is 1. The second-order valence-corrected chi connectivity index (χ2v) is 10.9. The first-order chi connectivity index (χ1) is 20.7. The molecular weight excluding hydrogens is 572 g/mol. The van der Waals surface area contributed by atoms with Gasteiger partial charge < -0.3 is 63.4 Å². The maximum Gasteiger partial charge on any atom is 0.307 e. The topological polar surface area (TPSA) is 192 Å². The number of aliphatic hydroxyl groups is 3. The SMILES string of the molecule is COc1cc([C@@H]2c3cc4c(cc3[C@@H](OC3OC5COC(C)OC5C(O)C3O)C(CO)C2C(=O)O)OCO4)cc(OC)c1O. The van der Waals surface area contributed by atoms with Crippen LogP contribution in [0.2, 0.25) is 0 Å². The van der Waals surface area contributed by atoms with Crippen LogP contribution < -0.4 is 18.9 Å². The monoisotopic (exact) mass is 606 g/mol. The second-order valence-electron chi connectivity index (χ2n) is 10.9. The lowest BCUT2D eigenvalue weighted by atomic mass is 9.65. The lowest BCUT2D eigenvalue weighted by molar-refractivity contribution is -0.365. The average Bonchev–Trinajstić information content (AvgIpc) is 3.46. The number of carboxylic acid groups (broad SMARTS) is 1. The zero-order valence-electron chi connectivity index (χ0n) is 23.6. The third-order valence-corrected chi connectivity index (χ3v) is 8.55. The molecule has 0 saturated carbocycles. The van der Waals surface area contributed by atoms with Crippen LogP contribution in [-0.2, 0) is 23.7 Å². The van der Waals surface area contributed by atoms with Gasteiger partial charge in [-0.15, -0.1) is 0 Å². The van der Waals surface area contributed by atoms with Crippen molar-refractivity contribution in [1.82, 2.24) is 0 Å². The number of hydrogen-bond acceptors (Lipinski definition) is 13. The molecule has 4 aliphatic rings. The first-order valence-corrected chi connectivity index (χ1v) is 13.8. The van der Waals surface area contributed by atoms with E-state index in [2.05, 4.69) is 0 Å². The van der Waals surface area contributed by atoms with Crippen LogP contribution in [0.3, 0.4) is 0 Å². The highest BCUT2D eigenvalue weighted by Gasteiger charge is 2.53. The van der Waals surface area contributed by atoms with Crippen molar-refractivity contribution in [2.45, 2.75) is 55.9 Å². The number of phenolic OH excluding ortho intramolecular Hbond substituents is 1. The molecule has 3 aliphatic heterocycles. The Morgan fingerprint density at radius 3 is 2.23 bits per heavy atom. The molecule has 5 N–H and O–H groups in total. The highest BCUT2D eigenvalue weighted by atomic mass is 16.8. The number of aromatic hydroxyl groups is 1. The van der Waals surface area contributed by atoms with Crippen LogP contribution in [0.15, 0.2) is 24.3 Å². The fraction of sp³-hybridized carbons (Fsp3) is 0.552. The molecule has 0 radical (unpaired) electrons. The summed E-state index contributed by atoms with van der Waals surface area (Å²) in [6.45, 7) is 1.05. The number of rotatable bonds is 7. The number of aliphatic hydroxyl groups excluding tert-OH is 3. The van der Waals surface area contributed by atoms with Gasteiger partial charge in [0.25, 0.3) is 0 Å². The van der Waals surface area contributed by atoms with Gasteiger partial charge in [-0.1, -0.05) is 0 Å². The summed E-state index contributed by atoms with van der Waals surface area (Å²) >= 11 is 0. The third kappa shape index (κ3) is 5.02. The van der Waals surface area contributed by atoms with Crippen LogP contribution in [0, 0.1) is 11.8 Å². The lowest BCUT2D eigenvalue weighted by Crippen LogP contribution is -2.63. The number of hydrogen-bond donors (Lipinski definition) is 5. The van der Waals surface area contributed by atoms with Crippen molar-refractivity contribution in [2.24, 2.45) is 11.8 Å². The molecule has 14 nitrogen and oxygen atoms in total. The van der Waals surface area contributed by atoms with Crippen LogP contribution in [0.25, 0.3) is 0 Å². The van der Waals surface area contributed by atoms with Gasteiger partial charge in [0.05, 0.1) is 32.8 Å². The molecule has 1 aliphatic carbocycles. The van der Waals surface area contributed by atoms with Crippen LogP contribution in [0.1, 0.15) is 35.6 Å². The molecule has 8 unspecified atom stereocenters. The first-order valence-electron chi connectivity index (χ1n) is 13.8. The van der Waals surface area contributed by atoms with E-state index in [1.807, 2.05) is 0 Å². The summed E-state index contributed by atoms with van der Waals surface area (Å²) in [6.07, 6.45) is -7.75. The Kier molecular flexibility index (Phi) is 8.02. The molecule has 6 rings (SSSR count). The summed E-state index contributed by atoms with van der Waals surface area (Å²) in [5.74, 6) is -3.88. The average molecular weight is 607 g/mol. The smallest absolute Gasteiger partial charge is 0.307 e. The van der Waals surface area contributed by atoms with Gasteiger partial charge in [-0.3, -0.25) is 4.79 Å². The van der Waals surface area contributed by atoms with Crippen molar-refractivity contribution in [3.8, 4) is 28.7 Å². The quantitative estimate of drug-likeness (QED) is 0.298. The molecule has 0 aromatic heterocycles. The minimum absolute atomic E-state index is 0.0564. The predicted octanol–water partition coefficient (Wildman–Crippen LogP) is 0.859. The molecule has 2 saturated heterocycles. The molecule has 43 heavy (non-hydrogen) atoms. The van der Waals surface area contributed by atoms with Crippen molar-refractivity contribution in [1.29, 1.82) is 0 Å². The van der Waals surface area contributed by atoms with Crippen molar-refractivity contribution in [3.63, 3.8) is 0 Å². The fourth-order valence-electron chi connectivity index (χ4n) is 6.49. The van der Waals surface area contributed by atoms with Crippen LogP contribution in [0.5, 0.6) is 28.7 Å². The Bertz CT molecular complexity index is 1340. The van der Waals surface area contributed by atoms with Crippen molar-refractivity contribution in [2.75, 3.05) is 34.2 Å². The van der Waals surface area contributed by atoms with E-state index in [9.17, 15) is 30.3 Å². The Morgan fingerprint density at radius 1 is 0.977 bits per heavy atom. The van der Waals surface area contributed by atoms with Crippen LogP contribution in [0.4, 0.5) is 0 Å². The summed E-state index contributed by atoms with van der Waals surface area (Å²) in [6, 6.07) is 6.32. The van der Waals surface area contributed by atoms with E-state index in [1.165, 1.54) is 26.4 Å². The normalized spacial score (nSPS) is 34.7. The third-order valence-electron chi connectivity index (χ3n) is 8.55. The number of ether oxygens (including phenoxy) is 8.